The summed E-state index contributed by atoms with van der Waals surface area (Å²) < 4.78 is 12.8. The van der Waals surface area contributed by atoms with Crippen molar-refractivity contribution >= 4 is 57.6 Å². The Bertz CT molecular complexity index is 1540. The summed E-state index contributed by atoms with van der Waals surface area (Å²) in [5.41, 5.74) is 4.84. The van der Waals surface area contributed by atoms with Gasteiger partial charge < -0.3 is 24.4 Å². The van der Waals surface area contributed by atoms with Gasteiger partial charge >= 0.3 is 6.09 Å². The summed E-state index contributed by atoms with van der Waals surface area (Å²) in [6.45, 7) is -0.108. The molecule has 3 heterocycles. The molecule has 10 heteroatoms. The predicted molar refractivity (Wildman–Crippen MR) is 175 cm³/mol. The first-order valence-electron chi connectivity index (χ1n) is 14.6. The lowest BCUT2D eigenvalue weighted by molar-refractivity contribution is -0.943. The van der Waals surface area contributed by atoms with Gasteiger partial charge in [-0.25, -0.2) is 4.79 Å². The lowest BCUT2D eigenvalue weighted by atomic mass is 9.96. The standard InChI is InChI=1S/C33H35ClIN3O5/c1-38(2)28-17-23(18-33(38,35)31-30(28)43-31)42-32(41)37-26-13-11-20(15-24(26)22-8-4-3-5-9-22)7-6-10-29(40)36-27-14-12-21(19-39)16-25(27)34/h3-5,8-9,11-16,23,28,30-31,39H,6-7,10,17-19H2,1-2H3,(H-,36,37,40,41)/p+1/t23-,28-,30-,31+,33-/m0/s1. The molecule has 226 valence electrons. The molecule has 0 saturated carbocycles. The summed E-state index contributed by atoms with van der Waals surface area (Å²) in [6, 6.07) is 21.3. The number of benzene rings is 3. The maximum Gasteiger partial charge on any atom is 0.411 e. The van der Waals surface area contributed by atoms with E-state index < -0.39 is 6.09 Å². The average molecular weight is 717 g/mol. The monoisotopic (exact) mass is 716 g/mol. The molecule has 3 fully saturated rings. The number of epoxide rings is 1. The quantitative estimate of drug-likeness (QED) is 0.0770. The van der Waals surface area contributed by atoms with E-state index in [1.54, 1.807) is 18.2 Å². The summed E-state index contributed by atoms with van der Waals surface area (Å²) in [5, 5.41) is 15.5. The molecule has 0 aromatic heterocycles. The normalized spacial score (nSPS) is 26.3. The number of rotatable bonds is 9. The third kappa shape index (κ3) is 6.02. The van der Waals surface area contributed by atoms with Crippen molar-refractivity contribution in [1.82, 2.24) is 0 Å². The van der Waals surface area contributed by atoms with Crippen molar-refractivity contribution in [3.63, 3.8) is 0 Å². The fraction of sp³-hybridized carbons (Fsp3) is 0.394. The molecule has 3 saturated heterocycles. The van der Waals surface area contributed by atoms with E-state index >= 15 is 0 Å². The average Bonchev–Trinajstić information content (AvgIpc) is 3.77. The van der Waals surface area contributed by atoms with Crippen molar-refractivity contribution in [1.29, 1.82) is 0 Å². The van der Waals surface area contributed by atoms with E-state index in [0.717, 1.165) is 34.0 Å². The van der Waals surface area contributed by atoms with Crippen LogP contribution in [0, 0.1) is 0 Å². The highest BCUT2D eigenvalue weighted by molar-refractivity contribution is 14.1. The van der Waals surface area contributed by atoms with Gasteiger partial charge in [-0.1, -0.05) is 54.1 Å². The SMILES string of the molecule is C[N+]1(C)[C@H]2C[C@H](OC(=O)Nc3ccc(CCCC(=O)Nc4ccc(CO)cc4Cl)cc3-c3ccccc3)C[C@@]1(I)[C@@H]1O[C@H]12. The van der Waals surface area contributed by atoms with Crippen LogP contribution in [0.2, 0.25) is 5.02 Å². The van der Waals surface area contributed by atoms with Gasteiger partial charge in [0.05, 0.1) is 43.5 Å². The Hall–Kier alpha value is -2.70. The van der Waals surface area contributed by atoms with Crippen LogP contribution in [0.3, 0.4) is 0 Å². The fourth-order valence-electron chi connectivity index (χ4n) is 6.68. The molecule has 2 amide bonds. The number of aryl methyl sites for hydroxylation is 1. The number of hydrogen-bond acceptors (Lipinski definition) is 5. The minimum atomic E-state index is -0.446. The molecule has 0 spiro atoms. The molecule has 6 rings (SSSR count). The number of nitrogens with one attached hydrogen (secondary N) is 2. The lowest BCUT2D eigenvalue weighted by Crippen LogP contribution is -2.65. The number of nitrogens with zero attached hydrogens (tertiary/aromatic N) is 1. The number of ether oxygens (including phenoxy) is 2. The fourth-order valence-corrected chi connectivity index (χ4v) is 8.28. The number of amides is 2. The number of hydrogen-bond donors (Lipinski definition) is 3. The number of quaternary nitrogens is 1. The number of carbonyl (C=O) groups excluding carboxylic acids is 2. The van der Waals surface area contributed by atoms with Crippen LogP contribution >= 0.6 is 34.2 Å². The molecular formula is C33H36ClIN3O5+. The van der Waals surface area contributed by atoms with Crippen molar-refractivity contribution in [2.24, 2.45) is 0 Å². The summed E-state index contributed by atoms with van der Waals surface area (Å²) in [6.07, 6.45) is 3.13. The van der Waals surface area contributed by atoms with E-state index in [2.05, 4.69) is 53.4 Å². The topological polar surface area (TPSA) is 100 Å². The number of carbonyl (C=O) groups is 2. The van der Waals surface area contributed by atoms with E-state index in [0.29, 0.717) is 47.3 Å². The van der Waals surface area contributed by atoms with Gasteiger partial charge in [0.1, 0.15) is 18.2 Å². The van der Waals surface area contributed by atoms with Crippen LogP contribution in [0.15, 0.2) is 66.7 Å². The van der Waals surface area contributed by atoms with Crippen LogP contribution in [0.1, 0.15) is 36.8 Å². The molecule has 2 bridgehead atoms. The third-order valence-electron chi connectivity index (χ3n) is 9.18. The van der Waals surface area contributed by atoms with Crippen LogP contribution < -0.4 is 10.6 Å². The number of likely N-dealkylation sites (N-methyl/N-ethyl adjacent to an activating group) is 1. The second kappa shape index (κ2) is 12.0. The first kappa shape index (κ1) is 30.3. The zero-order chi connectivity index (χ0) is 30.4. The lowest BCUT2D eigenvalue weighted by Gasteiger charge is -2.50. The molecule has 3 aromatic rings. The van der Waals surface area contributed by atoms with Crippen LogP contribution in [0.4, 0.5) is 16.2 Å². The molecule has 3 aliphatic rings. The summed E-state index contributed by atoms with van der Waals surface area (Å²) in [4.78, 5) is 25.7. The first-order chi connectivity index (χ1) is 20.6. The Morgan fingerprint density at radius 1 is 1.07 bits per heavy atom. The van der Waals surface area contributed by atoms with Crippen LogP contribution in [-0.2, 0) is 27.3 Å². The second-order valence-electron chi connectivity index (χ2n) is 12.2. The van der Waals surface area contributed by atoms with Gasteiger partial charge in [0, 0.05) is 18.4 Å². The van der Waals surface area contributed by atoms with Crippen molar-refractivity contribution < 1.29 is 28.7 Å². The molecule has 3 N–H and O–H groups in total. The molecule has 3 aromatic carbocycles. The van der Waals surface area contributed by atoms with Crippen molar-refractivity contribution in [3.05, 3.63) is 82.9 Å². The zero-order valence-electron chi connectivity index (χ0n) is 24.2. The Morgan fingerprint density at radius 3 is 2.53 bits per heavy atom. The van der Waals surface area contributed by atoms with Crippen LogP contribution in [0.25, 0.3) is 11.1 Å². The smallest absolute Gasteiger partial charge is 0.411 e. The highest BCUT2D eigenvalue weighted by Crippen LogP contribution is 2.61. The summed E-state index contributed by atoms with van der Waals surface area (Å²) in [5.74, 6) is -0.126. The number of aliphatic hydroxyl groups is 1. The van der Waals surface area contributed by atoms with Crippen molar-refractivity contribution in [3.8, 4) is 11.1 Å². The number of morpholine rings is 1. The largest absolute Gasteiger partial charge is 0.445 e. The van der Waals surface area contributed by atoms with Gasteiger partial charge in [-0.2, -0.15) is 0 Å². The highest BCUT2D eigenvalue weighted by atomic mass is 127. The summed E-state index contributed by atoms with van der Waals surface area (Å²) >= 11 is 8.76. The molecule has 0 unspecified atom stereocenters. The Balaban J connectivity index is 1.09. The number of fused-ring (bicyclic) bond motifs is 5. The minimum Gasteiger partial charge on any atom is -0.445 e. The molecule has 0 radical (unpaired) electrons. The van der Waals surface area contributed by atoms with E-state index in [-0.39, 0.29) is 34.4 Å². The van der Waals surface area contributed by atoms with E-state index in [1.165, 1.54) is 0 Å². The van der Waals surface area contributed by atoms with Crippen LogP contribution in [-0.4, -0.2) is 63.6 Å². The van der Waals surface area contributed by atoms with Gasteiger partial charge in [-0.3, -0.25) is 10.1 Å². The van der Waals surface area contributed by atoms with Gasteiger partial charge in [0.15, 0.2) is 9.65 Å². The minimum absolute atomic E-state index is 0.0825. The van der Waals surface area contributed by atoms with E-state index in [9.17, 15) is 14.7 Å². The first-order valence-corrected chi connectivity index (χ1v) is 16.1. The number of halogens is 2. The molecular weight excluding hydrogens is 681 g/mol. The highest BCUT2D eigenvalue weighted by Gasteiger charge is 2.78. The predicted octanol–water partition coefficient (Wildman–Crippen LogP) is 6.53. The maximum absolute atomic E-state index is 13.2. The van der Waals surface area contributed by atoms with E-state index in [1.807, 2.05) is 42.5 Å². The van der Waals surface area contributed by atoms with Crippen molar-refractivity contribution in [2.75, 3.05) is 24.7 Å². The molecule has 5 atom stereocenters. The number of alkyl halides is 1. The van der Waals surface area contributed by atoms with Gasteiger partial charge in [-0.05, 0) is 76.4 Å². The number of aliphatic hydroxyl groups excluding tert-OH is 1. The molecule has 43 heavy (non-hydrogen) atoms. The van der Waals surface area contributed by atoms with E-state index in [4.69, 9.17) is 21.1 Å². The molecule has 0 aliphatic carbocycles. The maximum atomic E-state index is 13.2. The Kier molecular flexibility index (Phi) is 8.47. The Labute approximate surface area is 270 Å². The molecule has 3 aliphatic heterocycles. The summed E-state index contributed by atoms with van der Waals surface area (Å²) in [7, 11) is 4.52. The van der Waals surface area contributed by atoms with Gasteiger partial charge in [0.2, 0.25) is 5.91 Å². The van der Waals surface area contributed by atoms with Gasteiger partial charge in [-0.15, -0.1) is 0 Å². The zero-order valence-corrected chi connectivity index (χ0v) is 27.1. The Morgan fingerprint density at radius 2 is 1.81 bits per heavy atom. The third-order valence-corrected chi connectivity index (χ3v) is 11.8. The molecule has 8 nitrogen and oxygen atoms in total. The number of anilines is 2. The van der Waals surface area contributed by atoms with Crippen LogP contribution in [0.5, 0.6) is 0 Å². The number of piperidine rings is 1. The van der Waals surface area contributed by atoms with Gasteiger partial charge in [0.25, 0.3) is 0 Å². The van der Waals surface area contributed by atoms with Crippen molar-refractivity contribution in [2.45, 2.75) is 66.6 Å². The second-order valence-corrected chi connectivity index (χ2v) is 14.4.